The van der Waals surface area contributed by atoms with E-state index < -0.39 is 0 Å². The van der Waals surface area contributed by atoms with Crippen LogP contribution in [0.15, 0.2) is 66.7 Å². The van der Waals surface area contributed by atoms with Gasteiger partial charge in [-0.15, -0.1) is 10.2 Å². The van der Waals surface area contributed by atoms with Gasteiger partial charge in [0.05, 0.1) is 11.4 Å². The molecule has 0 spiro atoms. The molecule has 0 radical (unpaired) electrons. The molecule has 1 saturated heterocycles. The first kappa shape index (κ1) is 29.8. The van der Waals surface area contributed by atoms with Gasteiger partial charge < -0.3 is 9.64 Å². The molecule has 4 aromatic rings. The third-order valence-corrected chi connectivity index (χ3v) is 10.6. The van der Waals surface area contributed by atoms with E-state index in [1.54, 1.807) is 11.3 Å². The van der Waals surface area contributed by atoms with E-state index in [9.17, 15) is 4.79 Å². The van der Waals surface area contributed by atoms with E-state index in [-0.39, 0.29) is 5.91 Å². The first-order chi connectivity index (χ1) is 22.0. The summed E-state index contributed by atoms with van der Waals surface area (Å²) in [7, 11) is 0. The highest BCUT2D eigenvalue weighted by molar-refractivity contribution is 7.14. The van der Waals surface area contributed by atoms with E-state index in [2.05, 4.69) is 71.4 Å². The van der Waals surface area contributed by atoms with Crippen molar-refractivity contribution < 1.29 is 9.53 Å². The summed E-state index contributed by atoms with van der Waals surface area (Å²) >= 11 is 1.63. The van der Waals surface area contributed by atoms with E-state index in [0.717, 1.165) is 88.1 Å². The monoisotopic (exact) mass is 619 g/mol. The first-order valence-electron chi connectivity index (χ1n) is 16.4. The number of aromatic nitrogens is 3. The summed E-state index contributed by atoms with van der Waals surface area (Å²) in [4.78, 5) is 22.2. The second-order valence-electron chi connectivity index (χ2n) is 12.8. The van der Waals surface area contributed by atoms with Gasteiger partial charge in [0, 0.05) is 61.2 Å². The third-order valence-electron chi connectivity index (χ3n) is 9.32. The number of hydrogen-bond acceptors (Lipinski definition) is 7. The summed E-state index contributed by atoms with van der Waals surface area (Å²) in [6.07, 6.45) is 10.4. The van der Waals surface area contributed by atoms with Crippen molar-refractivity contribution >= 4 is 22.8 Å². The zero-order valence-corrected chi connectivity index (χ0v) is 27.1. The molecule has 1 saturated carbocycles. The van der Waals surface area contributed by atoms with Crippen molar-refractivity contribution in [2.45, 2.75) is 77.3 Å². The highest BCUT2D eigenvalue weighted by Crippen LogP contribution is 2.35. The average molecular weight is 620 g/mol. The lowest BCUT2D eigenvalue weighted by atomic mass is 10.0. The highest BCUT2D eigenvalue weighted by atomic mass is 32.1. The van der Waals surface area contributed by atoms with Crippen LogP contribution in [0.1, 0.15) is 81.0 Å². The molecule has 0 unspecified atom stereocenters. The van der Waals surface area contributed by atoms with Crippen LogP contribution in [0, 0.1) is 0 Å². The van der Waals surface area contributed by atoms with Crippen LogP contribution in [-0.2, 0) is 11.3 Å². The fraction of sp³-hybridized carbons (Fsp3) is 0.405. The highest BCUT2D eigenvalue weighted by Gasteiger charge is 2.25. The number of rotatable bonds is 9. The van der Waals surface area contributed by atoms with Crippen LogP contribution in [0.25, 0.3) is 27.4 Å². The second-order valence-corrected chi connectivity index (χ2v) is 13.8. The lowest BCUT2D eigenvalue weighted by Gasteiger charge is -2.31. The second kappa shape index (κ2) is 13.2. The normalized spacial score (nSPS) is 17.8. The van der Waals surface area contributed by atoms with E-state index in [1.165, 1.54) is 31.3 Å². The van der Waals surface area contributed by atoms with E-state index in [1.807, 2.05) is 29.2 Å². The molecule has 2 aliphatic heterocycles. The predicted octanol–water partition coefficient (Wildman–Crippen LogP) is 8.34. The van der Waals surface area contributed by atoms with Gasteiger partial charge in [0.1, 0.15) is 21.5 Å². The summed E-state index contributed by atoms with van der Waals surface area (Å²) in [6, 6.07) is 21.4. The van der Waals surface area contributed by atoms with Gasteiger partial charge in [0.2, 0.25) is 5.91 Å². The van der Waals surface area contributed by atoms with Crippen molar-refractivity contribution in [2.24, 2.45) is 0 Å². The fourth-order valence-electron chi connectivity index (χ4n) is 6.69. The summed E-state index contributed by atoms with van der Waals surface area (Å²) in [6.45, 7) is 7.71. The van der Waals surface area contributed by atoms with Crippen LogP contribution in [-0.4, -0.2) is 56.6 Å². The van der Waals surface area contributed by atoms with E-state index >= 15 is 0 Å². The quantitative estimate of drug-likeness (QED) is 0.188. The minimum absolute atomic E-state index is 0.203. The Labute approximate surface area is 270 Å². The average Bonchev–Trinajstić information content (AvgIpc) is 3.86. The Bertz CT molecular complexity index is 1690. The lowest BCUT2D eigenvalue weighted by Crippen LogP contribution is -2.36. The van der Waals surface area contributed by atoms with Gasteiger partial charge >= 0.3 is 0 Å². The Kier molecular flexibility index (Phi) is 8.77. The number of amides is 1. The molecule has 45 heavy (non-hydrogen) atoms. The summed E-state index contributed by atoms with van der Waals surface area (Å²) in [5, 5.41) is 10.7. The van der Waals surface area contributed by atoms with Crippen molar-refractivity contribution in [3.8, 4) is 33.3 Å². The minimum Gasteiger partial charge on any atom is -0.457 e. The van der Waals surface area contributed by atoms with Gasteiger partial charge in [0.15, 0.2) is 0 Å². The van der Waals surface area contributed by atoms with Gasteiger partial charge in [0.25, 0.3) is 0 Å². The SMILES string of the molecule is CC(C)c1nnc(-c2ccc(Oc3cc(-c4cccc(C5=CCN(C6CCCC6)CC5)n4)ccc3CN3CCCC3=O)cc2)s1. The van der Waals surface area contributed by atoms with Crippen LogP contribution in [0.4, 0.5) is 0 Å². The molecule has 2 fully saturated rings. The largest absolute Gasteiger partial charge is 0.457 e. The van der Waals surface area contributed by atoms with E-state index in [0.29, 0.717) is 18.9 Å². The zero-order chi connectivity index (χ0) is 30.8. The maximum atomic E-state index is 12.5. The Hall–Kier alpha value is -3.88. The Morgan fingerprint density at radius 2 is 1.71 bits per heavy atom. The Morgan fingerprint density at radius 3 is 2.42 bits per heavy atom. The van der Waals surface area contributed by atoms with Crippen LogP contribution in [0.3, 0.4) is 0 Å². The van der Waals surface area contributed by atoms with Gasteiger partial charge in [-0.25, -0.2) is 4.98 Å². The summed E-state index contributed by atoms with van der Waals surface area (Å²) in [5.41, 5.74) is 6.32. The first-order valence-corrected chi connectivity index (χ1v) is 17.2. The molecule has 0 atom stereocenters. The number of nitrogens with zero attached hydrogens (tertiary/aromatic N) is 5. The van der Waals surface area contributed by atoms with Crippen molar-refractivity contribution in [2.75, 3.05) is 19.6 Å². The van der Waals surface area contributed by atoms with Crippen LogP contribution in [0.2, 0.25) is 0 Å². The smallest absolute Gasteiger partial charge is 0.222 e. The molecule has 4 heterocycles. The maximum absolute atomic E-state index is 12.5. The summed E-state index contributed by atoms with van der Waals surface area (Å²) in [5.74, 6) is 2.04. The van der Waals surface area contributed by atoms with Crippen molar-refractivity contribution in [1.29, 1.82) is 0 Å². The molecule has 0 bridgehead atoms. The topological polar surface area (TPSA) is 71.5 Å². The van der Waals surface area contributed by atoms with Gasteiger partial charge in [-0.3, -0.25) is 9.69 Å². The molecule has 232 valence electrons. The Morgan fingerprint density at radius 1 is 0.911 bits per heavy atom. The molecule has 3 aliphatic rings. The van der Waals surface area contributed by atoms with E-state index in [4.69, 9.17) is 9.72 Å². The van der Waals surface area contributed by atoms with Crippen LogP contribution in [0.5, 0.6) is 11.5 Å². The number of carbonyl (C=O) groups is 1. The standard InChI is InChI=1S/C37H41N5O2S/c1-25(2)36-39-40-37(45-36)27-14-16-31(17-15-27)44-34-23-28(12-13-29(34)24-42-20-6-11-35(42)43)33-10-5-9-32(38-33)26-18-21-41(22-19-26)30-7-3-4-8-30/h5,9-10,12-18,23,25,30H,3-4,6-8,11,19-22,24H2,1-2H3. The summed E-state index contributed by atoms with van der Waals surface area (Å²) < 4.78 is 6.54. The molecule has 0 N–H and O–H groups in total. The molecule has 7 nitrogen and oxygen atoms in total. The van der Waals surface area contributed by atoms with Crippen molar-refractivity contribution in [1.82, 2.24) is 25.0 Å². The fourth-order valence-corrected chi connectivity index (χ4v) is 7.54. The molecule has 1 aliphatic carbocycles. The van der Waals surface area contributed by atoms with Gasteiger partial charge in [-0.05, 0) is 73.7 Å². The predicted molar refractivity (Wildman–Crippen MR) is 180 cm³/mol. The lowest BCUT2D eigenvalue weighted by molar-refractivity contribution is -0.128. The molecule has 2 aromatic carbocycles. The number of likely N-dealkylation sites (tertiary alicyclic amines) is 1. The number of carbonyl (C=O) groups excluding carboxylic acids is 1. The maximum Gasteiger partial charge on any atom is 0.222 e. The van der Waals surface area contributed by atoms with Gasteiger partial charge in [-0.1, -0.05) is 62.3 Å². The molecular weight excluding hydrogens is 579 g/mol. The number of ether oxygens (including phenoxy) is 1. The Balaban J connectivity index is 1.14. The molecular formula is C37H41N5O2S. The van der Waals surface area contributed by atoms with Crippen molar-refractivity contribution in [3.05, 3.63) is 83.0 Å². The van der Waals surface area contributed by atoms with Gasteiger partial charge in [-0.2, -0.15) is 0 Å². The minimum atomic E-state index is 0.203. The number of pyridine rings is 1. The third kappa shape index (κ3) is 6.72. The number of benzene rings is 2. The molecule has 2 aromatic heterocycles. The molecule has 1 amide bonds. The molecule has 7 rings (SSSR count). The number of hydrogen-bond donors (Lipinski definition) is 0. The zero-order valence-electron chi connectivity index (χ0n) is 26.2. The van der Waals surface area contributed by atoms with Crippen LogP contribution < -0.4 is 4.74 Å². The van der Waals surface area contributed by atoms with Crippen molar-refractivity contribution in [3.63, 3.8) is 0 Å². The molecule has 8 heteroatoms. The van der Waals surface area contributed by atoms with Crippen LogP contribution >= 0.6 is 11.3 Å².